The molecule has 0 unspecified atom stereocenters. The maximum atomic E-state index is 12.8. The standard InChI is InChI=1S/C27H34N6O6.CH4/c1-18(34)39-21-12-13-32(14-21)26(36)38-16-20-10-7-11-23-30-31-24(33(20)23)22(29-25(35)27(2,3)28)17-37-15-19-8-5-4-6-9-19;/h4-11,21-22H,12-17,28H2,1-3H3,(H,29,35);1H4/t21-,22+;/m0./s1. The van der Waals surface area contributed by atoms with Crippen LogP contribution < -0.4 is 11.1 Å². The molecule has 0 spiro atoms. The number of esters is 1. The van der Waals surface area contributed by atoms with Crippen LogP contribution >= 0.6 is 0 Å². The zero-order valence-corrected chi connectivity index (χ0v) is 22.3. The number of rotatable bonds is 10. The molecule has 3 heterocycles. The van der Waals surface area contributed by atoms with Gasteiger partial charge < -0.3 is 30.2 Å². The summed E-state index contributed by atoms with van der Waals surface area (Å²) in [5, 5.41) is 11.5. The van der Waals surface area contributed by atoms with Gasteiger partial charge in [0, 0.05) is 19.9 Å². The van der Waals surface area contributed by atoms with Crippen molar-refractivity contribution < 1.29 is 28.6 Å². The Morgan fingerprint density at radius 1 is 1.10 bits per heavy atom. The van der Waals surface area contributed by atoms with Gasteiger partial charge in [0.2, 0.25) is 5.91 Å². The minimum Gasteiger partial charge on any atom is -0.461 e. The molecule has 1 aliphatic heterocycles. The Bertz CT molecular complexity index is 1310. The molecule has 4 rings (SSSR count). The summed E-state index contributed by atoms with van der Waals surface area (Å²) in [6.45, 7) is 5.66. The van der Waals surface area contributed by atoms with Crippen molar-refractivity contribution in [3.8, 4) is 0 Å². The Labute approximate surface area is 233 Å². The first kappa shape index (κ1) is 30.5. The van der Waals surface area contributed by atoms with Gasteiger partial charge in [-0.25, -0.2) is 4.79 Å². The second-order valence-electron chi connectivity index (χ2n) is 10.0. The van der Waals surface area contributed by atoms with Crippen LogP contribution in [0, 0.1) is 0 Å². The Kier molecular flexibility index (Phi) is 10.2. The van der Waals surface area contributed by atoms with Gasteiger partial charge in [0.15, 0.2) is 11.5 Å². The SMILES string of the molecule is C.CC(=O)O[C@H]1CCN(C(=O)OCc2cccc3nnc([C@@H](COCc4ccccc4)NC(=O)C(C)(C)N)n23)C1. The summed E-state index contributed by atoms with van der Waals surface area (Å²) in [5.41, 5.74) is 7.01. The molecule has 12 nitrogen and oxygen atoms in total. The van der Waals surface area contributed by atoms with Crippen molar-refractivity contribution in [2.24, 2.45) is 5.73 Å². The summed E-state index contributed by atoms with van der Waals surface area (Å²) in [6.07, 6.45) is -0.297. The monoisotopic (exact) mass is 554 g/mol. The van der Waals surface area contributed by atoms with E-state index in [1.165, 1.54) is 11.8 Å². The van der Waals surface area contributed by atoms with Gasteiger partial charge in [-0.2, -0.15) is 0 Å². The number of pyridine rings is 1. The number of likely N-dealkylation sites (tertiary alicyclic amines) is 1. The highest BCUT2D eigenvalue weighted by Gasteiger charge is 2.30. The quantitative estimate of drug-likeness (QED) is 0.361. The molecule has 0 bridgehead atoms. The number of aromatic nitrogens is 3. The van der Waals surface area contributed by atoms with Crippen LogP contribution in [0.3, 0.4) is 0 Å². The third-order valence-electron chi connectivity index (χ3n) is 6.21. The number of nitrogens with two attached hydrogens (primary N) is 1. The van der Waals surface area contributed by atoms with Crippen molar-refractivity contribution in [3.05, 3.63) is 65.6 Å². The first-order valence-corrected chi connectivity index (χ1v) is 12.7. The molecule has 216 valence electrons. The van der Waals surface area contributed by atoms with Gasteiger partial charge in [0.1, 0.15) is 18.8 Å². The third-order valence-corrected chi connectivity index (χ3v) is 6.21. The number of nitrogens with one attached hydrogen (secondary N) is 1. The molecule has 1 aromatic carbocycles. The Balaban J connectivity index is 0.00000441. The van der Waals surface area contributed by atoms with Crippen molar-refractivity contribution in [3.63, 3.8) is 0 Å². The van der Waals surface area contributed by atoms with Gasteiger partial charge in [-0.15, -0.1) is 10.2 Å². The zero-order valence-electron chi connectivity index (χ0n) is 22.3. The fourth-order valence-corrected chi connectivity index (χ4v) is 4.22. The first-order chi connectivity index (χ1) is 18.6. The zero-order chi connectivity index (χ0) is 28.0. The molecule has 1 fully saturated rings. The van der Waals surface area contributed by atoms with Crippen LogP contribution in [-0.2, 0) is 37.0 Å². The van der Waals surface area contributed by atoms with E-state index in [0.29, 0.717) is 36.7 Å². The van der Waals surface area contributed by atoms with E-state index in [0.717, 1.165) is 5.56 Å². The highest BCUT2D eigenvalue weighted by atomic mass is 16.6. The largest absolute Gasteiger partial charge is 0.461 e. The molecular formula is C28H38N6O6. The molecule has 3 N–H and O–H groups in total. The molecule has 1 saturated heterocycles. The molecule has 0 radical (unpaired) electrons. The van der Waals surface area contributed by atoms with Crippen LogP contribution in [0.4, 0.5) is 4.79 Å². The molecule has 3 aromatic rings. The Morgan fingerprint density at radius 2 is 1.85 bits per heavy atom. The van der Waals surface area contributed by atoms with Gasteiger partial charge >= 0.3 is 12.1 Å². The number of benzene rings is 1. The maximum Gasteiger partial charge on any atom is 0.410 e. The minimum absolute atomic E-state index is 0. The number of carbonyl (C=O) groups excluding carboxylic acids is 3. The van der Waals surface area contributed by atoms with Gasteiger partial charge in [-0.3, -0.25) is 14.0 Å². The second kappa shape index (κ2) is 13.4. The summed E-state index contributed by atoms with van der Waals surface area (Å²) in [4.78, 5) is 38.3. The predicted octanol–water partition coefficient (Wildman–Crippen LogP) is 2.75. The smallest absolute Gasteiger partial charge is 0.410 e. The van der Waals surface area contributed by atoms with Gasteiger partial charge in [0.05, 0.1) is 31.0 Å². The van der Waals surface area contributed by atoms with Gasteiger partial charge in [0.25, 0.3) is 0 Å². The molecule has 12 heteroatoms. The van der Waals surface area contributed by atoms with E-state index in [9.17, 15) is 14.4 Å². The lowest BCUT2D eigenvalue weighted by molar-refractivity contribution is -0.145. The van der Waals surface area contributed by atoms with Crippen molar-refractivity contribution in [1.82, 2.24) is 24.8 Å². The lowest BCUT2D eigenvalue weighted by Crippen LogP contribution is -2.51. The Hall–Kier alpha value is -4.03. The first-order valence-electron chi connectivity index (χ1n) is 12.7. The van der Waals surface area contributed by atoms with Crippen molar-refractivity contribution >= 4 is 23.6 Å². The van der Waals surface area contributed by atoms with Gasteiger partial charge in [-0.1, -0.05) is 43.8 Å². The number of hydrogen-bond acceptors (Lipinski definition) is 9. The minimum atomic E-state index is -1.13. The van der Waals surface area contributed by atoms with E-state index in [-0.39, 0.29) is 45.2 Å². The average Bonchev–Trinajstić information content (AvgIpc) is 3.54. The number of hydrogen-bond donors (Lipinski definition) is 2. The highest BCUT2D eigenvalue weighted by molar-refractivity contribution is 5.85. The topological polar surface area (TPSA) is 150 Å². The van der Waals surface area contributed by atoms with Crippen LogP contribution in [0.1, 0.15) is 57.7 Å². The van der Waals surface area contributed by atoms with E-state index < -0.39 is 17.7 Å². The summed E-state index contributed by atoms with van der Waals surface area (Å²) in [7, 11) is 0. The van der Waals surface area contributed by atoms with Crippen molar-refractivity contribution in [2.75, 3.05) is 19.7 Å². The summed E-state index contributed by atoms with van der Waals surface area (Å²) in [6, 6.07) is 14.3. The number of nitrogens with zero attached hydrogens (tertiary/aromatic N) is 4. The number of carbonyl (C=O) groups is 3. The molecule has 0 aliphatic carbocycles. The molecule has 2 atom stereocenters. The van der Waals surface area contributed by atoms with E-state index in [4.69, 9.17) is 19.9 Å². The molecule has 1 aliphatic rings. The van der Waals surface area contributed by atoms with E-state index in [1.807, 2.05) is 30.3 Å². The number of fused-ring (bicyclic) bond motifs is 1. The fraction of sp³-hybridized carbons (Fsp3) is 0.464. The van der Waals surface area contributed by atoms with Crippen LogP contribution in [0.15, 0.2) is 48.5 Å². The van der Waals surface area contributed by atoms with Crippen LogP contribution in [0.2, 0.25) is 0 Å². The predicted molar refractivity (Wildman–Crippen MR) is 147 cm³/mol. The summed E-state index contributed by atoms with van der Waals surface area (Å²) in [5.74, 6) is -0.347. The summed E-state index contributed by atoms with van der Waals surface area (Å²) >= 11 is 0. The lowest BCUT2D eigenvalue weighted by atomic mass is 10.1. The van der Waals surface area contributed by atoms with E-state index in [1.54, 1.807) is 36.4 Å². The molecular weight excluding hydrogens is 516 g/mol. The highest BCUT2D eigenvalue weighted by Crippen LogP contribution is 2.20. The maximum absolute atomic E-state index is 12.8. The van der Waals surface area contributed by atoms with Crippen molar-refractivity contribution in [1.29, 1.82) is 0 Å². The lowest BCUT2D eigenvalue weighted by Gasteiger charge is -2.24. The van der Waals surface area contributed by atoms with Crippen LogP contribution in [0.5, 0.6) is 0 Å². The van der Waals surface area contributed by atoms with Crippen LogP contribution in [-0.4, -0.2) is 68.8 Å². The number of ether oxygens (including phenoxy) is 3. The number of amides is 2. The molecule has 2 aromatic heterocycles. The normalized spacial score (nSPS) is 15.8. The third kappa shape index (κ3) is 7.76. The van der Waals surface area contributed by atoms with Gasteiger partial charge in [-0.05, 0) is 31.5 Å². The van der Waals surface area contributed by atoms with E-state index >= 15 is 0 Å². The fourth-order valence-electron chi connectivity index (χ4n) is 4.22. The van der Waals surface area contributed by atoms with Crippen molar-refractivity contribution in [2.45, 2.75) is 65.5 Å². The average molecular weight is 555 g/mol. The molecule has 40 heavy (non-hydrogen) atoms. The Morgan fingerprint density at radius 3 is 2.55 bits per heavy atom. The molecule has 0 saturated carbocycles. The van der Waals surface area contributed by atoms with Crippen LogP contribution in [0.25, 0.3) is 5.65 Å². The summed E-state index contributed by atoms with van der Waals surface area (Å²) < 4.78 is 18.5. The van der Waals surface area contributed by atoms with E-state index in [2.05, 4.69) is 15.5 Å². The molecule has 2 amide bonds. The second-order valence-corrected chi connectivity index (χ2v) is 10.0.